The van der Waals surface area contributed by atoms with E-state index in [1.165, 1.54) is 12.0 Å². The molecule has 1 aliphatic rings. The molecule has 5 heteroatoms. The van der Waals surface area contributed by atoms with Crippen LogP contribution in [-0.2, 0) is 6.61 Å². The lowest BCUT2D eigenvalue weighted by Gasteiger charge is -2.34. The Morgan fingerprint density at radius 3 is 2.54 bits per heavy atom. The van der Waals surface area contributed by atoms with E-state index in [0.29, 0.717) is 29.3 Å². The highest BCUT2D eigenvalue weighted by Gasteiger charge is 2.27. The first-order chi connectivity index (χ1) is 11.5. The van der Waals surface area contributed by atoms with Crippen LogP contribution >= 0.6 is 0 Å². The van der Waals surface area contributed by atoms with Crippen molar-refractivity contribution in [2.45, 2.75) is 33.8 Å². The topological polar surface area (TPSA) is 62.3 Å². The molecule has 1 aromatic heterocycles. The summed E-state index contributed by atoms with van der Waals surface area (Å²) in [5, 5.41) is 9.37. The number of piperidine rings is 1. The van der Waals surface area contributed by atoms with Gasteiger partial charge in [0.1, 0.15) is 11.8 Å². The maximum absolute atomic E-state index is 9.37. The van der Waals surface area contributed by atoms with Crippen LogP contribution < -0.4 is 9.64 Å². The van der Waals surface area contributed by atoms with Crippen LogP contribution in [0.4, 0.5) is 5.88 Å². The average molecular weight is 325 g/mol. The fourth-order valence-electron chi connectivity index (χ4n) is 3.31. The minimum Gasteiger partial charge on any atom is -0.484 e. The number of hydrogen-bond donors (Lipinski definition) is 0. The van der Waals surface area contributed by atoms with Gasteiger partial charge >= 0.3 is 0 Å². The smallest absolute Gasteiger partial charge is 0.236 e. The van der Waals surface area contributed by atoms with Crippen molar-refractivity contribution in [1.82, 2.24) is 4.98 Å². The fourth-order valence-corrected chi connectivity index (χ4v) is 3.31. The highest BCUT2D eigenvalue weighted by atomic mass is 16.5. The van der Waals surface area contributed by atoms with Gasteiger partial charge in [0.05, 0.1) is 0 Å². The first kappa shape index (κ1) is 16.4. The van der Waals surface area contributed by atoms with Crippen LogP contribution in [0.1, 0.15) is 37.4 Å². The predicted molar refractivity (Wildman–Crippen MR) is 91.9 cm³/mol. The molecule has 0 radical (unpaired) electrons. The zero-order chi connectivity index (χ0) is 17.1. The zero-order valence-corrected chi connectivity index (χ0v) is 14.5. The number of aryl methyl sites for hydroxylation is 1. The van der Waals surface area contributed by atoms with Crippen LogP contribution in [0.3, 0.4) is 0 Å². The molecule has 2 heterocycles. The largest absolute Gasteiger partial charge is 0.484 e. The highest BCUT2D eigenvalue weighted by molar-refractivity contribution is 5.48. The number of anilines is 1. The second-order valence-corrected chi connectivity index (χ2v) is 6.83. The second-order valence-electron chi connectivity index (χ2n) is 6.83. The first-order valence-electron chi connectivity index (χ1n) is 8.39. The summed E-state index contributed by atoms with van der Waals surface area (Å²) in [6.07, 6.45) is 1.20. The lowest BCUT2D eigenvalue weighted by molar-refractivity contribution is 0.260. The Labute approximate surface area is 142 Å². The van der Waals surface area contributed by atoms with E-state index < -0.39 is 0 Å². The SMILES string of the molecule is Cc1ccc(OCc2nc(C#N)c(N3CC(C)CC(C)C3)o2)cc1. The minimum absolute atomic E-state index is 0.219. The summed E-state index contributed by atoms with van der Waals surface area (Å²) >= 11 is 0. The number of oxazole rings is 1. The molecule has 126 valence electrons. The molecular formula is C19H23N3O2. The van der Waals surface area contributed by atoms with Gasteiger partial charge in [-0.1, -0.05) is 31.5 Å². The third kappa shape index (κ3) is 3.70. The van der Waals surface area contributed by atoms with Crippen LogP contribution in [0.5, 0.6) is 5.75 Å². The molecule has 3 rings (SSSR count). The van der Waals surface area contributed by atoms with Crippen LogP contribution in [0.2, 0.25) is 0 Å². The van der Waals surface area contributed by atoms with E-state index in [4.69, 9.17) is 9.15 Å². The summed E-state index contributed by atoms with van der Waals surface area (Å²) in [6, 6.07) is 9.96. The lowest BCUT2D eigenvalue weighted by Crippen LogP contribution is -2.38. The quantitative estimate of drug-likeness (QED) is 0.852. The van der Waals surface area contributed by atoms with Crippen molar-refractivity contribution < 1.29 is 9.15 Å². The molecule has 2 unspecified atom stereocenters. The second kappa shape index (κ2) is 6.96. The van der Waals surface area contributed by atoms with Crippen molar-refractivity contribution in [3.05, 3.63) is 41.4 Å². The number of benzene rings is 1. The highest BCUT2D eigenvalue weighted by Crippen LogP contribution is 2.29. The lowest BCUT2D eigenvalue weighted by atomic mass is 9.92. The van der Waals surface area contributed by atoms with E-state index in [1.54, 1.807) is 0 Å². The van der Waals surface area contributed by atoms with Gasteiger partial charge in [-0.25, -0.2) is 0 Å². The third-order valence-corrected chi connectivity index (χ3v) is 4.30. The molecule has 0 N–H and O–H groups in total. The van der Waals surface area contributed by atoms with Crippen molar-refractivity contribution in [3.63, 3.8) is 0 Å². The molecule has 2 aromatic rings. The fraction of sp³-hybridized carbons (Fsp3) is 0.474. The Hall–Kier alpha value is -2.48. The van der Waals surface area contributed by atoms with Gasteiger partial charge in [-0.3, -0.25) is 0 Å². The molecule has 0 bridgehead atoms. The molecule has 1 saturated heterocycles. The van der Waals surface area contributed by atoms with E-state index in [0.717, 1.165) is 18.8 Å². The van der Waals surface area contributed by atoms with E-state index in [2.05, 4.69) is 29.8 Å². The monoisotopic (exact) mass is 325 g/mol. The molecule has 2 atom stereocenters. The van der Waals surface area contributed by atoms with E-state index in [-0.39, 0.29) is 6.61 Å². The standard InChI is InChI=1S/C19H23N3O2/c1-13-4-6-16(7-5-13)23-12-18-21-17(9-20)19(24-18)22-10-14(2)8-15(3)11-22/h4-7,14-15H,8,10-12H2,1-3H3. The van der Waals surface area contributed by atoms with E-state index in [1.807, 2.05) is 31.2 Å². The van der Waals surface area contributed by atoms with Crippen molar-refractivity contribution in [2.75, 3.05) is 18.0 Å². The van der Waals surface area contributed by atoms with Crippen LogP contribution in [0.25, 0.3) is 0 Å². The Morgan fingerprint density at radius 1 is 1.25 bits per heavy atom. The molecule has 1 fully saturated rings. The van der Waals surface area contributed by atoms with Gasteiger partial charge in [-0.2, -0.15) is 10.2 Å². The number of hydrogen-bond acceptors (Lipinski definition) is 5. The predicted octanol–water partition coefficient (Wildman–Crippen LogP) is 3.92. The maximum Gasteiger partial charge on any atom is 0.236 e. The molecule has 5 nitrogen and oxygen atoms in total. The zero-order valence-electron chi connectivity index (χ0n) is 14.5. The van der Waals surface area contributed by atoms with E-state index in [9.17, 15) is 5.26 Å². The Balaban J connectivity index is 1.73. The number of ether oxygens (including phenoxy) is 1. The Bertz CT molecular complexity index is 720. The summed E-state index contributed by atoms with van der Waals surface area (Å²) < 4.78 is 11.6. The van der Waals surface area contributed by atoms with Gasteiger partial charge in [-0.15, -0.1) is 0 Å². The number of nitrogens with zero attached hydrogens (tertiary/aromatic N) is 3. The molecule has 0 aliphatic carbocycles. The average Bonchev–Trinajstić information content (AvgIpc) is 2.97. The Morgan fingerprint density at radius 2 is 1.92 bits per heavy atom. The Kier molecular flexibility index (Phi) is 4.75. The molecule has 24 heavy (non-hydrogen) atoms. The van der Waals surface area contributed by atoms with Gasteiger partial charge in [0, 0.05) is 13.1 Å². The summed E-state index contributed by atoms with van der Waals surface area (Å²) in [7, 11) is 0. The van der Waals surface area contributed by atoms with Crippen LogP contribution in [-0.4, -0.2) is 18.1 Å². The molecule has 0 saturated carbocycles. The molecular weight excluding hydrogens is 302 g/mol. The summed E-state index contributed by atoms with van der Waals surface area (Å²) in [5.74, 6) is 2.95. The number of rotatable bonds is 4. The molecule has 1 aromatic carbocycles. The molecule has 0 amide bonds. The summed E-state index contributed by atoms with van der Waals surface area (Å²) in [5.41, 5.74) is 1.53. The number of aromatic nitrogens is 1. The molecule has 1 aliphatic heterocycles. The first-order valence-corrected chi connectivity index (χ1v) is 8.39. The van der Waals surface area contributed by atoms with Gasteiger partial charge in [-0.05, 0) is 37.3 Å². The maximum atomic E-state index is 9.37. The van der Waals surface area contributed by atoms with Gasteiger partial charge < -0.3 is 14.1 Å². The van der Waals surface area contributed by atoms with Gasteiger partial charge in [0.2, 0.25) is 17.5 Å². The van der Waals surface area contributed by atoms with E-state index >= 15 is 0 Å². The van der Waals surface area contributed by atoms with Crippen molar-refractivity contribution in [1.29, 1.82) is 5.26 Å². The van der Waals surface area contributed by atoms with Crippen LogP contribution in [0, 0.1) is 30.1 Å². The van der Waals surface area contributed by atoms with Crippen LogP contribution in [0.15, 0.2) is 28.7 Å². The van der Waals surface area contributed by atoms with Gasteiger partial charge in [0.25, 0.3) is 0 Å². The molecule has 0 spiro atoms. The van der Waals surface area contributed by atoms with Crippen molar-refractivity contribution >= 4 is 5.88 Å². The minimum atomic E-state index is 0.219. The number of nitriles is 1. The van der Waals surface area contributed by atoms with Crippen molar-refractivity contribution in [3.8, 4) is 11.8 Å². The summed E-state index contributed by atoms with van der Waals surface area (Å²) in [6.45, 7) is 8.50. The van der Waals surface area contributed by atoms with Crippen molar-refractivity contribution in [2.24, 2.45) is 11.8 Å². The van der Waals surface area contributed by atoms with Gasteiger partial charge in [0.15, 0.2) is 6.61 Å². The third-order valence-electron chi connectivity index (χ3n) is 4.30. The normalized spacial score (nSPS) is 20.7. The summed E-state index contributed by atoms with van der Waals surface area (Å²) in [4.78, 5) is 6.43.